The van der Waals surface area contributed by atoms with Crippen LogP contribution >= 0.6 is 15.9 Å². The molecular weight excluding hydrogens is 380 g/mol. The highest BCUT2D eigenvalue weighted by Gasteiger charge is 2.60. The van der Waals surface area contributed by atoms with E-state index in [2.05, 4.69) is 22.5 Å². The maximum absolute atomic E-state index is 13.2. The number of epoxide rings is 2. The van der Waals surface area contributed by atoms with Gasteiger partial charge in [-0.15, -0.1) is 0 Å². The fourth-order valence-electron chi connectivity index (χ4n) is 3.12. The third-order valence-corrected chi connectivity index (χ3v) is 5.03. The van der Waals surface area contributed by atoms with Gasteiger partial charge in [0.25, 0.3) is 0 Å². The summed E-state index contributed by atoms with van der Waals surface area (Å²) in [6.45, 7) is 8.84. The number of amides is 4. The fourth-order valence-corrected chi connectivity index (χ4v) is 3.56. The van der Waals surface area contributed by atoms with Crippen LogP contribution in [0.3, 0.4) is 0 Å². The molecule has 0 aromatic heterocycles. The van der Waals surface area contributed by atoms with Crippen LogP contribution in [0.2, 0.25) is 0 Å². The van der Waals surface area contributed by atoms with Crippen LogP contribution in [0.25, 0.3) is 0 Å². The molecule has 0 saturated carbocycles. The molecule has 132 valence electrons. The average Bonchev–Trinajstić information content (AvgIpc) is 3.39. The van der Waals surface area contributed by atoms with Crippen molar-refractivity contribution in [2.45, 2.75) is 32.5 Å². The van der Waals surface area contributed by atoms with Gasteiger partial charge in [0.15, 0.2) is 0 Å². The second kappa shape index (κ2) is 6.24. The Labute approximate surface area is 149 Å². The van der Waals surface area contributed by atoms with Crippen molar-refractivity contribution in [1.29, 1.82) is 0 Å². The molecule has 3 heterocycles. The molecule has 3 aliphatic rings. The van der Waals surface area contributed by atoms with E-state index in [4.69, 9.17) is 9.47 Å². The van der Waals surface area contributed by atoms with Gasteiger partial charge in [-0.05, 0) is 10.4 Å². The molecule has 7 nitrogen and oxygen atoms in total. The number of carbonyl (C=O) groups is 3. The van der Waals surface area contributed by atoms with Crippen molar-refractivity contribution < 1.29 is 23.9 Å². The molecule has 4 amide bonds. The van der Waals surface area contributed by atoms with Crippen molar-refractivity contribution in [1.82, 2.24) is 9.80 Å². The lowest BCUT2D eigenvalue weighted by Gasteiger charge is -2.46. The first kappa shape index (κ1) is 17.6. The van der Waals surface area contributed by atoms with Crippen molar-refractivity contribution in [2.24, 2.45) is 11.3 Å². The van der Waals surface area contributed by atoms with Gasteiger partial charge in [-0.2, -0.15) is 0 Å². The fraction of sp³-hybridized carbons (Fsp3) is 0.688. The van der Waals surface area contributed by atoms with Gasteiger partial charge in [-0.25, -0.2) is 4.79 Å². The Morgan fingerprint density at radius 3 is 1.88 bits per heavy atom. The number of urea groups is 1. The van der Waals surface area contributed by atoms with Crippen LogP contribution in [0.1, 0.15) is 20.3 Å². The van der Waals surface area contributed by atoms with Gasteiger partial charge in [0.05, 0.1) is 38.5 Å². The van der Waals surface area contributed by atoms with Gasteiger partial charge in [-0.1, -0.05) is 36.4 Å². The standard InChI is InChI=1S/C16H21BrN2O5/c1-9(2)16(4-10(3)17)13(20)18(5-11-7-23-11)15(22)19(14(16)21)6-12-8-24-12/h9,11-12H,3-8H2,1-2H3. The molecule has 0 bridgehead atoms. The van der Waals surface area contributed by atoms with E-state index in [-0.39, 0.29) is 37.6 Å². The summed E-state index contributed by atoms with van der Waals surface area (Å²) in [6.07, 6.45) is -0.121. The topological polar surface area (TPSA) is 82.8 Å². The number of nitrogens with zero attached hydrogens (tertiary/aromatic N) is 2. The minimum atomic E-state index is -1.34. The highest BCUT2D eigenvalue weighted by molar-refractivity contribution is 9.11. The molecule has 24 heavy (non-hydrogen) atoms. The molecule has 3 saturated heterocycles. The summed E-state index contributed by atoms with van der Waals surface area (Å²) in [6, 6.07) is -0.576. The van der Waals surface area contributed by atoms with Crippen molar-refractivity contribution in [3.63, 3.8) is 0 Å². The molecule has 2 atom stereocenters. The number of hydrogen-bond donors (Lipinski definition) is 0. The molecular formula is C16H21BrN2O5. The van der Waals surface area contributed by atoms with Gasteiger partial charge >= 0.3 is 6.03 Å². The van der Waals surface area contributed by atoms with Crippen LogP contribution in [0.15, 0.2) is 11.1 Å². The van der Waals surface area contributed by atoms with Crippen LogP contribution in [-0.2, 0) is 19.1 Å². The first-order valence-corrected chi connectivity index (χ1v) is 8.81. The van der Waals surface area contributed by atoms with E-state index in [1.54, 1.807) is 0 Å². The van der Waals surface area contributed by atoms with Crippen molar-refractivity contribution >= 4 is 33.8 Å². The van der Waals surface area contributed by atoms with Gasteiger partial charge in [0.2, 0.25) is 11.8 Å². The number of rotatable bonds is 7. The predicted molar refractivity (Wildman–Crippen MR) is 88.3 cm³/mol. The number of halogens is 1. The first-order valence-electron chi connectivity index (χ1n) is 8.01. The molecule has 0 aliphatic carbocycles. The molecule has 3 fully saturated rings. The second-order valence-electron chi connectivity index (χ2n) is 6.84. The first-order chi connectivity index (χ1) is 11.3. The summed E-state index contributed by atoms with van der Waals surface area (Å²) in [5.74, 6) is -1.21. The predicted octanol–water partition coefficient (Wildman–Crippen LogP) is 1.52. The van der Waals surface area contributed by atoms with E-state index in [0.29, 0.717) is 17.7 Å². The molecule has 3 aliphatic heterocycles. The minimum absolute atomic E-state index is 0.137. The van der Waals surface area contributed by atoms with Crippen LogP contribution < -0.4 is 0 Å². The average molecular weight is 401 g/mol. The quantitative estimate of drug-likeness (QED) is 0.477. The summed E-state index contributed by atoms with van der Waals surface area (Å²) < 4.78 is 10.9. The third kappa shape index (κ3) is 3.02. The Hall–Kier alpha value is -1.25. The molecule has 3 rings (SSSR count). The Morgan fingerprint density at radius 1 is 1.17 bits per heavy atom. The minimum Gasteiger partial charge on any atom is -0.371 e. The molecule has 0 radical (unpaired) electrons. The smallest absolute Gasteiger partial charge is 0.333 e. The lowest BCUT2D eigenvalue weighted by Crippen LogP contribution is -2.67. The number of barbiturate groups is 1. The summed E-state index contributed by atoms with van der Waals surface area (Å²) in [4.78, 5) is 41.4. The largest absolute Gasteiger partial charge is 0.371 e. The maximum Gasteiger partial charge on any atom is 0.333 e. The van der Waals surface area contributed by atoms with Gasteiger partial charge in [0, 0.05) is 6.42 Å². The molecule has 0 aromatic carbocycles. The molecule has 8 heteroatoms. The second-order valence-corrected chi connectivity index (χ2v) is 7.97. The number of hydrogen-bond acceptors (Lipinski definition) is 5. The van der Waals surface area contributed by atoms with E-state index in [1.165, 1.54) is 0 Å². The van der Waals surface area contributed by atoms with Gasteiger partial charge in [0.1, 0.15) is 5.41 Å². The van der Waals surface area contributed by atoms with Crippen LogP contribution in [-0.4, -0.2) is 66.2 Å². The number of allylic oxidation sites excluding steroid dienone is 1. The Bertz CT molecular complexity index is 561. The van der Waals surface area contributed by atoms with E-state index >= 15 is 0 Å². The third-order valence-electron chi connectivity index (χ3n) is 4.75. The zero-order chi connectivity index (χ0) is 17.6. The van der Waals surface area contributed by atoms with Crippen LogP contribution in [0.4, 0.5) is 4.79 Å². The summed E-state index contributed by atoms with van der Waals surface area (Å²) in [5.41, 5.74) is -1.34. The van der Waals surface area contributed by atoms with Crippen molar-refractivity contribution in [3.8, 4) is 0 Å². The number of imide groups is 2. The van der Waals surface area contributed by atoms with Crippen molar-refractivity contribution in [2.75, 3.05) is 26.3 Å². The summed E-state index contributed by atoms with van der Waals surface area (Å²) in [7, 11) is 0. The van der Waals surface area contributed by atoms with Crippen molar-refractivity contribution in [3.05, 3.63) is 11.1 Å². The highest BCUT2D eigenvalue weighted by Crippen LogP contribution is 2.43. The highest BCUT2D eigenvalue weighted by atomic mass is 79.9. The van der Waals surface area contributed by atoms with E-state index in [9.17, 15) is 14.4 Å². The molecule has 0 aromatic rings. The lowest BCUT2D eigenvalue weighted by atomic mass is 9.70. The van der Waals surface area contributed by atoms with Gasteiger partial charge in [-0.3, -0.25) is 19.4 Å². The zero-order valence-electron chi connectivity index (χ0n) is 13.8. The number of ether oxygens (including phenoxy) is 2. The maximum atomic E-state index is 13.2. The molecule has 0 spiro atoms. The molecule has 0 N–H and O–H groups in total. The Balaban J connectivity index is 1.99. The van der Waals surface area contributed by atoms with E-state index < -0.39 is 23.3 Å². The Kier molecular flexibility index (Phi) is 4.57. The monoisotopic (exact) mass is 400 g/mol. The molecule has 2 unspecified atom stereocenters. The van der Waals surface area contributed by atoms with Crippen LogP contribution in [0, 0.1) is 11.3 Å². The SMILES string of the molecule is C=C(Br)CC1(C(C)C)C(=O)N(CC2CO2)C(=O)N(CC2CO2)C1=O. The van der Waals surface area contributed by atoms with E-state index in [1.807, 2.05) is 13.8 Å². The lowest BCUT2D eigenvalue weighted by molar-refractivity contribution is -0.162. The summed E-state index contributed by atoms with van der Waals surface area (Å²) >= 11 is 3.28. The number of carbonyl (C=O) groups excluding carboxylic acids is 3. The Morgan fingerprint density at radius 2 is 1.58 bits per heavy atom. The van der Waals surface area contributed by atoms with E-state index in [0.717, 1.165) is 9.80 Å². The van der Waals surface area contributed by atoms with Gasteiger partial charge < -0.3 is 9.47 Å². The summed E-state index contributed by atoms with van der Waals surface area (Å²) in [5, 5.41) is 0. The van der Waals surface area contributed by atoms with Crippen LogP contribution in [0.5, 0.6) is 0 Å². The zero-order valence-corrected chi connectivity index (χ0v) is 15.4. The normalized spacial score (nSPS) is 32.6.